The van der Waals surface area contributed by atoms with Crippen LogP contribution in [0.1, 0.15) is 22.8 Å². The number of aryl methyl sites for hydroxylation is 1. The second-order valence-corrected chi connectivity index (χ2v) is 8.01. The van der Waals surface area contributed by atoms with Crippen molar-refractivity contribution in [2.75, 3.05) is 5.32 Å². The Labute approximate surface area is 182 Å². The van der Waals surface area contributed by atoms with Crippen LogP contribution in [0.15, 0.2) is 82.7 Å². The van der Waals surface area contributed by atoms with Crippen LogP contribution in [0, 0.1) is 0 Å². The molecule has 0 fully saturated rings. The summed E-state index contributed by atoms with van der Waals surface area (Å²) in [6.07, 6.45) is 0.949. The fourth-order valence-electron chi connectivity index (χ4n) is 3.26. The number of amides is 1. The minimum atomic E-state index is -0.129. The maximum Gasteiger partial charge on any atom is 0.255 e. The lowest BCUT2D eigenvalue weighted by Gasteiger charge is -2.08. The summed E-state index contributed by atoms with van der Waals surface area (Å²) >= 11 is 1.48. The fourth-order valence-corrected chi connectivity index (χ4v) is 4.12. The van der Waals surface area contributed by atoms with Gasteiger partial charge in [-0.25, -0.2) is 4.98 Å². The van der Waals surface area contributed by atoms with E-state index in [9.17, 15) is 4.79 Å². The molecule has 31 heavy (non-hydrogen) atoms. The molecule has 152 valence electrons. The number of fused-ring (bicyclic) bond motifs is 3. The van der Waals surface area contributed by atoms with Gasteiger partial charge in [-0.3, -0.25) is 4.79 Å². The Bertz CT molecular complexity index is 1380. The van der Waals surface area contributed by atoms with Crippen LogP contribution < -0.4 is 5.32 Å². The quantitative estimate of drug-likeness (QED) is 0.441. The van der Waals surface area contributed by atoms with Crippen molar-refractivity contribution in [2.24, 2.45) is 0 Å². The molecule has 0 aliphatic heterocycles. The molecule has 0 bridgehead atoms. The molecule has 1 N–H and O–H groups in total. The normalized spacial score (nSPS) is 11.1. The number of benzene rings is 3. The first-order valence-corrected chi connectivity index (χ1v) is 10.7. The van der Waals surface area contributed by atoms with Crippen molar-refractivity contribution in [1.82, 2.24) is 25.0 Å². The second-order valence-electron chi connectivity index (χ2n) is 6.95. The van der Waals surface area contributed by atoms with Crippen LogP contribution in [-0.2, 0) is 6.42 Å². The number of rotatable bonds is 5. The van der Waals surface area contributed by atoms with E-state index in [-0.39, 0.29) is 5.91 Å². The van der Waals surface area contributed by atoms with Gasteiger partial charge in [0.2, 0.25) is 5.65 Å². The third kappa shape index (κ3) is 3.85. The maximum absolute atomic E-state index is 12.5. The number of hydrogen-bond donors (Lipinski definition) is 1. The van der Waals surface area contributed by atoms with E-state index in [0.29, 0.717) is 11.2 Å². The monoisotopic (exact) mass is 426 g/mol. The van der Waals surface area contributed by atoms with Gasteiger partial charge >= 0.3 is 0 Å². The van der Waals surface area contributed by atoms with Crippen molar-refractivity contribution in [3.05, 3.63) is 83.9 Å². The van der Waals surface area contributed by atoms with E-state index < -0.39 is 0 Å². The third-order valence-corrected chi connectivity index (χ3v) is 5.92. The van der Waals surface area contributed by atoms with E-state index in [1.165, 1.54) is 17.3 Å². The number of nitrogens with one attached hydrogen (secondary N) is 1. The number of aromatic nitrogens is 5. The second kappa shape index (κ2) is 8.16. The third-order valence-electron chi connectivity index (χ3n) is 4.94. The number of hydrogen-bond acceptors (Lipinski definition) is 6. The average Bonchev–Trinajstić information content (AvgIpc) is 3.31. The highest BCUT2D eigenvalue weighted by Gasteiger charge is 2.13. The van der Waals surface area contributed by atoms with Crippen LogP contribution in [0.5, 0.6) is 0 Å². The predicted molar refractivity (Wildman–Crippen MR) is 120 cm³/mol. The summed E-state index contributed by atoms with van der Waals surface area (Å²) in [5.41, 5.74) is 4.86. The summed E-state index contributed by atoms with van der Waals surface area (Å²) in [6, 6.07) is 23.0. The van der Waals surface area contributed by atoms with Crippen molar-refractivity contribution in [3.63, 3.8) is 0 Å². The molecular weight excluding hydrogens is 408 g/mol. The standard InChI is InChI=1S/C23H18N6OS/c1-2-15-7-9-16(10-8-15)22(30)24-17-11-13-18(14-12-17)31-23-21-26-27-28-29(21)20-6-4-3-5-19(20)25-23/h3-14H,2H2,1H3,(H,24,30). The summed E-state index contributed by atoms with van der Waals surface area (Å²) in [6.45, 7) is 2.09. The van der Waals surface area contributed by atoms with E-state index in [1.807, 2.05) is 72.8 Å². The molecule has 7 nitrogen and oxygen atoms in total. The first-order chi connectivity index (χ1) is 15.2. The number of para-hydroxylation sites is 2. The Morgan fingerprint density at radius 2 is 1.77 bits per heavy atom. The van der Waals surface area contributed by atoms with Crippen molar-refractivity contribution in [3.8, 4) is 0 Å². The molecule has 8 heteroatoms. The number of anilines is 1. The minimum Gasteiger partial charge on any atom is -0.322 e. The SMILES string of the molecule is CCc1ccc(C(=O)Nc2ccc(Sc3nc4ccccc4n4nnnc34)cc2)cc1. The van der Waals surface area contributed by atoms with Gasteiger partial charge in [0.05, 0.1) is 11.0 Å². The molecule has 2 heterocycles. The van der Waals surface area contributed by atoms with Crippen LogP contribution >= 0.6 is 11.8 Å². The van der Waals surface area contributed by atoms with Gasteiger partial charge < -0.3 is 5.32 Å². The van der Waals surface area contributed by atoms with Gasteiger partial charge in [-0.15, -0.1) is 5.10 Å². The summed E-state index contributed by atoms with van der Waals surface area (Å²) < 4.78 is 1.70. The Morgan fingerprint density at radius 1 is 1.00 bits per heavy atom. The van der Waals surface area contributed by atoms with E-state index in [4.69, 9.17) is 4.98 Å². The minimum absolute atomic E-state index is 0.129. The van der Waals surface area contributed by atoms with Crippen LogP contribution in [0.3, 0.4) is 0 Å². The average molecular weight is 427 g/mol. The molecule has 0 aliphatic rings. The van der Waals surface area contributed by atoms with Crippen LogP contribution in [-0.4, -0.2) is 30.9 Å². The molecule has 0 spiro atoms. The van der Waals surface area contributed by atoms with Gasteiger partial charge in [-0.2, -0.15) is 4.52 Å². The molecule has 0 saturated carbocycles. The zero-order valence-electron chi connectivity index (χ0n) is 16.7. The molecule has 5 aromatic rings. The van der Waals surface area contributed by atoms with E-state index in [2.05, 4.69) is 27.8 Å². The molecule has 0 atom stereocenters. The first-order valence-electron chi connectivity index (χ1n) is 9.86. The lowest BCUT2D eigenvalue weighted by Crippen LogP contribution is -2.11. The van der Waals surface area contributed by atoms with Crippen LogP contribution in [0.4, 0.5) is 5.69 Å². The molecule has 0 radical (unpaired) electrons. The topological polar surface area (TPSA) is 85.1 Å². The Morgan fingerprint density at radius 3 is 2.55 bits per heavy atom. The summed E-state index contributed by atoms with van der Waals surface area (Å²) in [5, 5.41) is 15.7. The van der Waals surface area contributed by atoms with Crippen molar-refractivity contribution in [1.29, 1.82) is 0 Å². The lowest BCUT2D eigenvalue weighted by atomic mass is 10.1. The smallest absolute Gasteiger partial charge is 0.255 e. The van der Waals surface area contributed by atoms with Gasteiger partial charge in [-0.1, -0.05) is 43.0 Å². The molecule has 3 aromatic carbocycles. The molecule has 2 aromatic heterocycles. The van der Waals surface area contributed by atoms with Crippen molar-refractivity contribution in [2.45, 2.75) is 23.3 Å². The van der Waals surface area contributed by atoms with E-state index >= 15 is 0 Å². The summed E-state index contributed by atoms with van der Waals surface area (Å²) in [5.74, 6) is -0.129. The van der Waals surface area contributed by atoms with E-state index in [0.717, 1.165) is 33.1 Å². The van der Waals surface area contributed by atoms with Crippen molar-refractivity contribution < 1.29 is 4.79 Å². The van der Waals surface area contributed by atoms with Crippen LogP contribution in [0.25, 0.3) is 16.7 Å². The molecule has 0 aliphatic carbocycles. The molecular formula is C23H18N6OS. The van der Waals surface area contributed by atoms with Gasteiger partial charge in [0.1, 0.15) is 5.03 Å². The predicted octanol–water partition coefficient (Wildman–Crippen LogP) is 4.64. The lowest BCUT2D eigenvalue weighted by molar-refractivity contribution is 0.102. The Kier molecular flexibility index (Phi) is 5.05. The zero-order chi connectivity index (χ0) is 21.2. The highest BCUT2D eigenvalue weighted by Crippen LogP contribution is 2.31. The largest absolute Gasteiger partial charge is 0.322 e. The zero-order valence-corrected chi connectivity index (χ0v) is 17.5. The number of nitrogens with zero attached hydrogens (tertiary/aromatic N) is 5. The fraction of sp³-hybridized carbons (Fsp3) is 0.0870. The molecule has 0 saturated heterocycles. The highest BCUT2D eigenvalue weighted by molar-refractivity contribution is 7.99. The van der Waals surface area contributed by atoms with Gasteiger partial charge in [0.15, 0.2) is 0 Å². The van der Waals surface area contributed by atoms with Gasteiger partial charge in [0, 0.05) is 16.1 Å². The number of tetrazole rings is 1. The molecule has 0 unspecified atom stereocenters. The summed E-state index contributed by atoms with van der Waals surface area (Å²) in [7, 11) is 0. The van der Waals surface area contributed by atoms with Gasteiger partial charge in [-0.05, 0) is 70.9 Å². The Hall–Kier alpha value is -3.78. The maximum atomic E-state index is 12.5. The molecule has 1 amide bonds. The van der Waals surface area contributed by atoms with Crippen LogP contribution in [0.2, 0.25) is 0 Å². The van der Waals surface area contributed by atoms with Gasteiger partial charge in [0.25, 0.3) is 5.91 Å². The summed E-state index contributed by atoms with van der Waals surface area (Å²) in [4.78, 5) is 18.2. The highest BCUT2D eigenvalue weighted by atomic mass is 32.2. The number of carbonyl (C=O) groups is 1. The van der Waals surface area contributed by atoms with Crippen molar-refractivity contribution >= 4 is 40.0 Å². The first kappa shape index (κ1) is 19.2. The van der Waals surface area contributed by atoms with E-state index in [1.54, 1.807) is 4.52 Å². The number of carbonyl (C=O) groups excluding carboxylic acids is 1. The molecule has 5 rings (SSSR count). The Balaban J connectivity index is 1.35.